The van der Waals surface area contributed by atoms with Crippen LogP contribution < -0.4 is 10.1 Å². The number of rotatable bonds is 7. The van der Waals surface area contributed by atoms with E-state index in [9.17, 15) is 14.0 Å². The number of hydrogen-bond donors (Lipinski definition) is 2. The summed E-state index contributed by atoms with van der Waals surface area (Å²) < 4.78 is 25.5. The Morgan fingerprint density at radius 3 is 2.71 bits per heavy atom. The van der Waals surface area contributed by atoms with E-state index >= 15 is 0 Å². The average molecular weight is 481 g/mol. The van der Waals surface area contributed by atoms with Crippen LogP contribution in [0.2, 0.25) is 5.02 Å². The molecule has 0 fully saturated rings. The number of carboxylic acid groups (broad SMARTS) is 1. The fourth-order valence-corrected chi connectivity index (χ4v) is 3.54. The zero-order chi connectivity index (χ0) is 24.2. The number of methoxy groups -OCH3 is 1. The topological polar surface area (TPSA) is 102 Å². The predicted octanol–water partition coefficient (Wildman–Crippen LogP) is 5.57. The number of nitrogens with one attached hydrogen (secondary N) is 1. The lowest BCUT2D eigenvalue weighted by atomic mass is 10.1. The summed E-state index contributed by atoms with van der Waals surface area (Å²) in [6.45, 7) is 0. The molecule has 0 aliphatic carbocycles. The third kappa shape index (κ3) is 5.24. The van der Waals surface area contributed by atoms with Crippen LogP contribution in [-0.4, -0.2) is 29.1 Å². The molecule has 4 rings (SSSR count). The Balaban J connectivity index is 1.48. The fraction of sp³-hybridized carbons (Fsp3) is 0.0800. The molecule has 0 atom stereocenters. The van der Waals surface area contributed by atoms with Crippen molar-refractivity contribution >= 4 is 46.3 Å². The van der Waals surface area contributed by atoms with Gasteiger partial charge >= 0.3 is 5.97 Å². The number of aliphatic carboxylic acids is 1. The van der Waals surface area contributed by atoms with Crippen molar-refractivity contribution in [2.24, 2.45) is 0 Å². The zero-order valence-corrected chi connectivity index (χ0v) is 18.6. The molecule has 0 spiro atoms. The first kappa shape index (κ1) is 23.0. The lowest BCUT2D eigenvalue weighted by Crippen LogP contribution is -2.07. The number of amides is 1. The Labute approximate surface area is 198 Å². The highest BCUT2D eigenvalue weighted by Gasteiger charge is 2.14. The van der Waals surface area contributed by atoms with Gasteiger partial charge in [0.1, 0.15) is 17.1 Å². The summed E-state index contributed by atoms with van der Waals surface area (Å²) >= 11 is 6.05. The van der Waals surface area contributed by atoms with Crippen LogP contribution in [0.15, 0.2) is 65.1 Å². The highest BCUT2D eigenvalue weighted by atomic mass is 35.5. The molecule has 34 heavy (non-hydrogen) atoms. The van der Waals surface area contributed by atoms with Gasteiger partial charge in [0.15, 0.2) is 5.58 Å². The standard InChI is InChI=1S/C25H18ClFN2O5/c1-33-21-8-5-16(13-18(21)26)28-23(30)9-4-14-2-6-17(19(27)10-14)25-29-20-11-15(12-24(31)32)3-7-22(20)34-25/h2-11,13H,12H2,1H3,(H,28,30)(H,31,32)/b9-4+. The second-order valence-corrected chi connectivity index (χ2v) is 7.71. The van der Waals surface area contributed by atoms with Gasteiger partial charge in [-0.05, 0) is 59.7 Å². The summed E-state index contributed by atoms with van der Waals surface area (Å²) in [6, 6.07) is 14.1. The molecule has 1 aromatic heterocycles. The number of carbonyl (C=O) groups is 2. The van der Waals surface area contributed by atoms with Crippen LogP contribution in [0.5, 0.6) is 5.75 Å². The smallest absolute Gasteiger partial charge is 0.307 e. The highest BCUT2D eigenvalue weighted by molar-refractivity contribution is 6.32. The largest absolute Gasteiger partial charge is 0.495 e. The maximum Gasteiger partial charge on any atom is 0.307 e. The minimum atomic E-state index is -0.959. The lowest BCUT2D eigenvalue weighted by molar-refractivity contribution is -0.136. The van der Waals surface area contributed by atoms with Crippen molar-refractivity contribution in [3.8, 4) is 17.2 Å². The van der Waals surface area contributed by atoms with E-state index < -0.39 is 17.7 Å². The monoisotopic (exact) mass is 480 g/mol. The van der Waals surface area contributed by atoms with E-state index in [0.717, 1.165) is 0 Å². The molecule has 0 radical (unpaired) electrons. The zero-order valence-electron chi connectivity index (χ0n) is 17.8. The number of oxazole rings is 1. The number of benzene rings is 3. The maximum atomic E-state index is 14.8. The van der Waals surface area contributed by atoms with Crippen LogP contribution in [0.3, 0.4) is 0 Å². The van der Waals surface area contributed by atoms with Crippen LogP contribution in [-0.2, 0) is 16.0 Å². The van der Waals surface area contributed by atoms with E-state index in [2.05, 4.69) is 10.3 Å². The molecule has 0 saturated carbocycles. The lowest BCUT2D eigenvalue weighted by Gasteiger charge is -2.06. The van der Waals surface area contributed by atoms with E-state index in [1.165, 1.54) is 31.4 Å². The molecule has 1 heterocycles. The molecule has 0 unspecified atom stereocenters. The Kier molecular flexibility index (Phi) is 6.60. The normalized spacial score (nSPS) is 11.1. The van der Waals surface area contributed by atoms with Crippen LogP contribution in [0.4, 0.5) is 10.1 Å². The minimum absolute atomic E-state index is 0.0737. The van der Waals surface area contributed by atoms with Gasteiger partial charge in [-0.25, -0.2) is 9.37 Å². The Morgan fingerprint density at radius 2 is 2.00 bits per heavy atom. The van der Waals surface area contributed by atoms with Crippen molar-refractivity contribution < 1.29 is 28.2 Å². The summed E-state index contributed by atoms with van der Waals surface area (Å²) in [5.74, 6) is -1.39. The summed E-state index contributed by atoms with van der Waals surface area (Å²) in [5, 5.41) is 12.0. The van der Waals surface area contributed by atoms with Gasteiger partial charge in [0, 0.05) is 11.8 Å². The number of ether oxygens (including phenoxy) is 1. The van der Waals surface area contributed by atoms with E-state index in [0.29, 0.717) is 38.7 Å². The van der Waals surface area contributed by atoms with Crippen LogP contribution in [0.25, 0.3) is 28.6 Å². The minimum Gasteiger partial charge on any atom is -0.495 e. The molecular weight excluding hydrogens is 463 g/mol. The molecule has 0 bridgehead atoms. The first-order valence-electron chi connectivity index (χ1n) is 10.1. The third-order valence-corrected chi connectivity index (χ3v) is 5.17. The highest BCUT2D eigenvalue weighted by Crippen LogP contribution is 2.29. The number of carboxylic acids is 1. The molecule has 3 aromatic carbocycles. The summed E-state index contributed by atoms with van der Waals surface area (Å²) in [5.41, 5.74) is 2.52. The summed E-state index contributed by atoms with van der Waals surface area (Å²) in [7, 11) is 1.50. The fourth-order valence-electron chi connectivity index (χ4n) is 3.28. The molecule has 4 aromatic rings. The van der Waals surface area contributed by atoms with Gasteiger partial charge in [0.25, 0.3) is 0 Å². The molecule has 7 nitrogen and oxygen atoms in total. The van der Waals surface area contributed by atoms with Gasteiger partial charge in [-0.3, -0.25) is 9.59 Å². The van der Waals surface area contributed by atoms with Crippen molar-refractivity contribution in [2.45, 2.75) is 6.42 Å². The maximum absolute atomic E-state index is 14.8. The van der Waals surface area contributed by atoms with Gasteiger partial charge in [0.05, 0.1) is 24.1 Å². The van der Waals surface area contributed by atoms with Crippen molar-refractivity contribution in [2.75, 3.05) is 12.4 Å². The molecule has 172 valence electrons. The van der Waals surface area contributed by atoms with Crippen LogP contribution in [0.1, 0.15) is 11.1 Å². The molecule has 0 aliphatic rings. The number of aromatic nitrogens is 1. The average Bonchev–Trinajstić information content (AvgIpc) is 3.20. The van der Waals surface area contributed by atoms with E-state index in [1.807, 2.05) is 0 Å². The molecule has 1 amide bonds. The van der Waals surface area contributed by atoms with Gasteiger partial charge in [0.2, 0.25) is 11.8 Å². The SMILES string of the molecule is COc1ccc(NC(=O)/C=C/c2ccc(-c3nc4cc(CC(=O)O)ccc4o3)c(F)c2)cc1Cl. The molecule has 0 saturated heterocycles. The predicted molar refractivity (Wildman–Crippen MR) is 126 cm³/mol. The van der Waals surface area contributed by atoms with Gasteiger partial charge in [-0.15, -0.1) is 0 Å². The van der Waals surface area contributed by atoms with Crippen molar-refractivity contribution in [3.05, 3.63) is 82.6 Å². The summed E-state index contributed by atoms with van der Waals surface area (Å²) in [6.07, 6.45) is 2.60. The number of hydrogen-bond acceptors (Lipinski definition) is 5. The summed E-state index contributed by atoms with van der Waals surface area (Å²) in [4.78, 5) is 27.4. The Morgan fingerprint density at radius 1 is 1.18 bits per heavy atom. The van der Waals surface area contributed by atoms with E-state index in [4.69, 9.17) is 25.9 Å². The molecular formula is C25H18ClFN2O5. The number of halogens is 2. The van der Waals surface area contributed by atoms with E-state index in [-0.39, 0.29) is 17.9 Å². The number of carbonyl (C=O) groups excluding carboxylic acids is 1. The number of fused-ring (bicyclic) bond motifs is 1. The Bertz CT molecular complexity index is 1430. The second-order valence-electron chi connectivity index (χ2n) is 7.30. The van der Waals surface area contributed by atoms with Crippen LogP contribution in [0, 0.1) is 5.82 Å². The van der Waals surface area contributed by atoms with Gasteiger partial charge in [-0.1, -0.05) is 23.7 Å². The Hall–Kier alpha value is -4.17. The number of anilines is 1. The first-order chi connectivity index (χ1) is 16.3. The van der Waals surface area contributed by atoms with E-state index in [1.54, 1.807) is 42.5 Å². The van der Waals surface area contributed by atoms with Crippen molar-refractivity contribution in [3.63, 3.8) is 0 Å². The van der Waals surface area contributed by atoms with Gasteiger partial charge in [-0.2, -0.15) is 0 Å². The second kappa shape index (κ2) is 9.76. The first-order valence-corrected chi connectivity index (χ1v) is 10.4. The van der Waals surface area contributed by atoms with Gasteiger partial charge < -0.3 is 19.6 Å². The third-order valence-electron chi connectivity index (χ3n) is 4.88. The van der Waals surface area contributed by atoms with Crippen molar-refractivity contribution in [1.82, 2.24) is 4.98 Å². The quantitative estimate of drug-likeness (QED) is 0.335. The number of nitrogens with zero attached hydrogens (tertiary/aromatic N) is 1. The molecule has 2 N–H and O–H groups in total. The molecule has 0 aliphatic heterocycles. The van der Waals surface area contributed by atoms with Crippen molar-refractivity contribution in [1.29, 1.82) is 0 Å². The molecule has 9 heteroatoms. The van der Waals surface area contributed by atoms with Crippen LogP contribution >= 0.6 is 11.6 Å².